The lowest BCUT2D eigenvalue weighted by Crippen LogP contribution is -2.50. The van der Waals surface area contributed by atoms with Gasteiger partial charge in [-0.1, -0.05) is 18.2 Å². The number of nitrogens with zero attached hydrogens (tertiary/aromatic N) is 5. The Kier molecular flexibility index (Phi) is 5.49. The van der Waals surface area contributed by atoms with Gasteiger partial charge < -0.3 is 15.1 Å². The van der Waals surface area contributed by atoms with Crippen LogP contribution >= 0.6 is 0 Å². The summed E-state index contributed by atoms with van der Waals surface area (Å²) < 4.78 is 2.04. The number of anilines is 2. The molecule has 2 heterocycles. The van der Waals surface area contributed by atoms with Crippen LogP contribution < -0.4 is 21.5 Å². The third kappa shape index (κ3) is 3.62. The van der Waals surface area contributed by atoms with Crippen molar-refractivity contribution in [3.8, 4) is 6.07 Å². The molecule has 1 fully saturated rings. The molecule has 1 aromatic carbocycles. The van der Waals surface area contributed by atoms with Crippen molar-refractivity contribution in [3.05, 3.63) is 56.7 Å². The molecular weight excluding hydrogens is 360 g/mol. The molecule has 9 nitrogen and oxygen atoms in total. The van der Waals surface area contributed by atoms with Gasteiger partial charge in [0, 0.05) is 46.0 Å². The third-order valence-electron chi connectivity index (χ3n) is 4.94. The van der Waals surface area contributed by atoms with Gasteiger partial charge in [0.1, 0.15) is 11.9 Å². The van der Waals surface area contributed by atoms with Gasteiger partial charge in [-0.15, -0.1) is 0 Å². The molecule has 1 amide bonds. The molecule has 28 heavy (non-hydrogen) atoms. The summed E-state index contributed by atoms with van der Waals surface area (Å²) >= 11 is 0. The summed E-state index contributed by atoms with van der Waals surface area (Å²) in [6.07, 6.45) is 0. The normalized spacial score (nSPS) is 13.9. The van der Waals surface area contributed by atoms with Crippen LogP contribution in [0.15, 0.2) is 39.9 Å². The first-order valence-corrected chi connectivity index (χ1v) is 8.95. The number of carbonyl (C=O) groups excluding carboxylic acids is 1. The number of aromatic nitrogens is 2. The standard InChI is InChI=1S/C19H22N6O3/c1-22-17(15(12-20)18(27)23(2)19(22)28)21-13-16(26)25-10-8-24(9-11-25)14-6-4-3-5-7-14/h3-7,21H,8-11,13H2,1-2H3. The van der Waals surface area contributed by atoms with Crippen molar-refractivity contribution >= 4 is 17.4 Å². The molecule has 0 atom stereocenters. The summed E-state index contributed by atoms with van der Waals surface area (Å²) in [4.78, 5) is 40.7. The van der Waals surface area contributed by atoms with Crippen LogP contribution in [0.4, 0.5) is 11.5 Å². The molecule has 1 aliphatic heterocycles. The molecule has 0 bridgehead atoms. The summed E-state index contributed by atoms with van der Waals surface area (Å²) in [5.74, 6) is -0.0865. The highest BCUT2D eigenvalue weighted by Crippen LogP contribution is 2.15. The molecule has 0 unspecified atom stereocenters. The number of rotatable bonds is 4. The molecular formula is C19H22N6O3. The zero-order valence-electron chi connectivity index (χ0n) is 15.9. The van der Waals surface area contributed by atoms with Gasteiger partial charge in [0.15, 0.2) is 5.56 Å². The number of hydrogen-bond acceptors (Lipinski definition) is 6. The summed E-state index contributed by atoms with van der Waals surface area (Å²) in [5, 5.41) is 12.1. The van der Waals surface area contributed by atoms with E-state index < -0.39 is 11.2 Å². The van der Waals surface area contributed by atoms with Gasteiger partial charge in [-0.3, -0.25) is 18.7 Å². The Labute approximate surface area is 162 Å². The lowest BCUT2D eigenvalue weighted by molar-refractivity contribution is -0.129. The number of nitrogens with one attached hydrogen (secondary N) is 1. The first-order chi connectivity index (χ1) is 13.4. The van der Waals surface area contributed by atoms with Gasteiger partial charge in [0.05, 0.1) is 6.54 Å². The molecule has 146 valence electrons. The van der Waals surface area contributed by atoms with E-state index in [1.165, 1.54) is 18.7 Å². The maximum Gasteiger partial charge on any atom is 0.332 e. The maximum absolute atomic E-state index is 12.6. The van der Waals surface area contributed by atoms with Crippen molar-refractivity contribution in [2.75, 3.05) is 42.9 Å². The minimum Gasteiger partial charge on any atom is -0.368 e. The number of piperazine rings is 1. The lowest BCUT2D eigenvalue weighted by Gasteiger charge is -2.36. The van der Waals surface area contributed by atoms with Crippen LogP contribution in [0.25, 0.3) is 0 Å². The SMILES string of the molecule is Cn1c(NCC(=O)N2CCN(c3ccccc3)CC2)c(C#N)c(=O)n(C)c1=O. The molecule has 3 rings (SSSR count). The smallest absolute Gasteiger partial charge is 0.332 e. The van der Waals surface area contributed by atoms with E-state index in [0.29, 0.717) is 13.1 Å². The van der Waals surface area contributed by atoms with E-state index in [4.69, 9.17) is 0 Å². The highest BCUT2D eigenvalue weighted by atomic mass is 16.2. The van der Waals surface area contributed by atoms with Gasteiger partial charge in [-0.2, -0.15) is 5.26 Å². The Bertz CT molecular complexity index is 1030. The van der Waals surface area contributed by atoms with E-state index in [-0.39, 0.29) is 23.8 Å². The summed E-state index contributed by atoms with van der Waals surface area (Å²) in [5.41, 5.74) is -0.305. The average Bonchev–Trinajstić information content (AvgIpc) is 2.74. The quantitative estimate of drug-likeness (QED) is 0.780. The summed E-state index contributed by atoms with van der Waals surface area (Å²) in [6.45, 7) is 2.51. The first kappa shape index (κ1) is 19.2. The monoisotopic (exact) mass is 382 g/mol. The lowest BCUT2D eigenvalue weighted by atomic mass is 10.2. The fourth-order valence-corrected chi connectivity index (χ4v) is 3.28. The first-order valence-electron chi connectivity index (χ1n) is 8.95. The second-order valence-corrected chi connectivity index (χ2v) is 6.60. The van der Waals surface area contributed by atoms with E-state index in [1.54, 1.807) is 4.90 Å². The van der Waals surface area contributed by atoms with E-state index in [9.17, 15) is 19.6 Å². The topological polar surface area (TPSA) is 103 Å². The minimum atomic E-state index is -0.683. The third-order valence-corrected chi connectivity index (χ3v) is 4.94. The van der Waals surface area contributed by atoms with Gasteiger partial charge in [-0.25, -0.2) is 4.79 Å². The zero-order chi connectivity index (χ0) is 20.3. The Balaban J connectivity index is 1.65. The zero-order valence-corrected chi connectivity index (χ0v) is 15.9. The predicted molar refractivity (Wildman–Crippen MR) is 105 cm³/mol. The molecule has 2 aromatic rings. The number of nitriles is 1. The van der Waals surface area contributed by atoms with Gasteiger partial charge in [0.2, 0.25) is 5.91 Å². The Hall–Kier alpha value is -3.54. The van der Waals surface area contributed by atoms with E-state index in [0.717, 1.165) is 23.3 Å². The van der Waals surface area contributed by atoms with Crippen molar-refractivity contribution in [1.29, 1.82) is 5.26 Å². The molecule has 0 saturated carbocycles. The van der Waals surface area contributed by atoms with Crippen molar-refractivity contribution < 1.29 is 4.79 Å². The van der Waals surface area contributed by atoms with Crippen molar-refractivity contribution in [1.82, 2.24) is 14.0 Å². The largest absolute Gasteiger partial charge is 0.368 e. The second kappa shape index (κ2) is 8.00. The molecule has 1 N–H and O–H groups in total. The molecule has 9 heteroatoms. The number of para-hydroxylation sites is 1. The minimum absolute atomic E-state index is 0.0619. The van der Waals surface area contributed by atoms with Crippen LogP contribution in [0.3, 0.4) is 0 Å². The van der Waals surface area contributed by atoms with Crippen LogP contribution in [0.1, 0.15) is 5.56 Å². The second-order valence-electron chi connectivity index (χ2n) is 6.60. The summed E-state index contributed by atoms with van der Waals surface area (Å²) in [6, 6.07) is 11.8. The fraction of sp³-hybridized carbons (Fsp3) is 0.368. The van der Waals surface area contributed by atoms with Gasteiger partial charge in [0.25, 0.3) is 5.56 Å². The molecule has 1 aromatic heterocycles. The van der Waals surface area contributed by atoms with E-state index in [2.05, 4.69) is 10.2 Å². The van der Waals surface area contributed by atoms with Crippen LogP contribution in [-0.4, -0.2) is 52.7 Å². The average molecular weight is 382 g/mol. The van der Waals surface area contributed by atoms with Crippen LogP contribution in [0, 0.1) is 11.3 Å². The van der Waals surface area contributed by atoms with Crippen molar-refractivity contribution in [2.24, 2.45) is 14.1 Å². The van der Waals surface area contributed by atoms with Gasteiger partial charge >= 0.3 is 5.69 Å². The number of hydrogen-bond donors (Lipinski definition) is 1. The molecule has 1 aliphatic rings. The van der Waals surface area contributed by atoms with Gasteiger partial charge in [-0.05, 0) is 12.1 Å². The molecule has 1 saturated heterocycles. The highest BCUT2D eigenvalue weighted by Gasteiger charge is 2.22. The molecule has 0 aliphatic carbocycles. The van der Waals surface area contributed by atoms with Crippen LogP contribution in [0.2, 0.25) is 0 Å². The molecule has 0 spiro atoms. The van der Waals surface area contributed by atoms with Crippen LogP contribution in [0.5, 0.6) is 0 Å². The number of carbonyl (C=O) groups is 1. The van der Waals surface area contributed by atoms with Crippen LogP contribution in [-0.2, 0) is 18.9 Å². The number of amides is 1. The Morgan fingerprint density at radius 2 is 1.71 bits per heavy atom. The number of benzene rings is 1. The highest BCUT2D eigenvalue weighted by molar-refractivity contribution is 5.81. The predicted octanol–water partition coefficient (Wildman–Crippen LogP) is -0.284. The fourth-order valence-electron chi connectivity index (χ4n) is 3.28. The Morgan fingerprint density at radius 3 is 2.32 bits per heavy atom. The van der Waals surface area contributed by atoms with E-state index in [1.807, 2.05) is 36.4 Å². The van der Waals surface area contributed by atoms with Crippen molar-refractivity contribution in [3.63, 3.8) is 0 Å². The Morgan fingerprint density at radius 1 is 1.07 bits per heavy atom. The molecule has 0 radical (unpaired) electrons. The van der Waals surface area contributed by atoms with E-state index >= 15 is 0 Å². The maximum atomic E-state index is 12.6. The van der Waals surface area contributed by atoms with Crippen molar-refractivity contribution in [2.45, 2.75) is 0 Å². The summed E-state index contributed by atoms with van der Waals surface area (Å²) in [7, 11) is 2.76.